The Hall–Kier alpha value is -2.70. The first-order valence-electron chi connectivity index (χ1n) is 7.85. The lowest BCUT2D eigenvalue weighted by Crippen LogP contribution is -2.47. The smallest absolute Gasteiger partial charge is 0.331 e. The van der Waals surface area contributed by atoms with E-state index in [1.807, 2.05) is 6.92 Å². The van der Waals surface area contributed by atoms with Gasteiger partial charge < -0.3 is 14.8 Å². The highest BCUT2D eigenvalue weighted by Crippen LogP contribution is 2.10. The lowest BCUT2D eigenvalue weighted by atomic mass is 9.99. The number of nitrogens with one attached hydrogen (secondary N) is 1. The number of esters is 2. The number of amides is 1. The van der Waals surface area contributed by atoms with Crippen molar-refractivity contribution in [2.75, 3.05) is 13.7 Å². The fourth-order valence-electron chi connectivity index (χ4n) is 1.96. The van der Waals surface area contributed by atoms with E-state index < -0.39 is 36.3 Å². The Morgan fingerprint density at radius 2 is 1.96 bits per heavy atom. The third kappa shape index (κ3) is 6.74. The second-order valence-corrected chi connectivity index (χ2v) is 5.42. The molecule has 6 nitrogen and oxygen atoms in total. The Balaban J connectivity index is 2.53. The number of benzene rings is 1. The molecule has 1 aromatic carbocycles. The number of ether oxygens (including phenoxy) is 2. The molecule has 0 fully saturated rings. The number of carbonyl (C=O) groups is 3. The van der Waals surface area contributed by atoms with Crippen LogP contribution in [-0.4, -0.2) is 37.6 Å². The van der Waals surface area contributed by atoms with Gasteiger partial charge in [0.15, 0.2) is 6.61 Å². The molecule has 136 valence electrons. The van der Waals surface area contributed by atoms with Gasteiger partial charge in [-0.3, -0.25) is 4.79 Å². The van der Waals surface area contributed by atoms with Crippen LogP contribution in [0.1, 0.15) is 25.8 Å². The summed E-state index contributed by atoms with van der Waals surface area (Å²) in [6.07, 6.45) is 2.94. The zero-order valence-corrected chi connectivity index (χ0v) is 14.5. The highest BCUT2D eigenvalue weighted by molar-refractivity contribution is 5.90. The number of hydrogen-bond donors (Lipinski definition) is 1. The van der Waals surface area contributed by atoms with E-state index in [-0.39, 0.29) is 11.5 Å². The quantitative estimate of drug-likeness (QED) is 0.573. The molecule has 0 bridgehead atoms. The summed E-state index contributed by atoms with van der Waals surface area (Å²) in [4.78, 5) is 35.1. The van der Waals surface area contributed by atoms with Crippen LogP contribution in [0.5, 0.6) is 0 Å². The first-order chi connectivity index (χ1) is 11.9. The molecular weight excluding hydrogens is 329 g/mol. The molecule has 0 aliphatic rings. The number of hydrogen-bond acceptors (Lipinski definition) is 5. The average Bonchev–Trinajstić information content (AvgIpc) is 2.62. The molecule has 0 aliphatic carbocycles. The van der Waals surface area contributed by atoms with E-state index in [4.69, 9.17) is 4.74 Å². The molecule has 25 heavy (non-hydrogen) atoms. The van der Waals surface area contributed by atoms with E-state index in [1.165, 1.54) is 31.4 Å². The molecule has 0 heterocycles. The Kier molecular flexibility index (Phi) is 8.32. The van der Waals surface area contributed by atoms with Gasteiger partial charge in [-0.05, 0) is 18.1 Å². The van der Waals surface area contributed by atoms with Gasteiger partial charge in [0.25, 0.3) is 5.91 Å². The van der Waals surface area contributed by atoms with E-state index in [9.17, 15) is 18.8 Å². The van der Waals surface area contributed by atoms with Crippen molar-refractivity contribution < 1.29 is 28.2 Å². The number of halogens is 1. The Bertz CT molecular complexity index is 644. The fourth-order valence-corrected chi connectivity index (χ4v) is 1.96. The molecule has 0 aliphatic heterocycles. The van der Waals surface area contributed by atoms with Crippen LogP contribution in [0.25, 0.3) is 6.08 Å². The molecule has 0 aromatic heterocycles. The summed E-state index contributed by atoms with van der Waals surface area (Å²) >= 11 is 0. The van der Waals surface area contributed by atoms with E-state index in [2.05, 4.69) is 10.1 Å². The van der Waals surface area contributed by atoms with Gasteiger partial charge in [0.05, 0.1) is 7.11 Å². The predicted molar refractivity (Wildman–Crippen MR) is 89.8 cm³/mol. The van der Waals surface area contributed by atoms with Gasteiger partial charge in [-0.25, -0.2) is 14.0 Å². The van der Waals surface area contributed by atoms with Crippen LogP contribution in [0.4, 0.5) is 4.39 Å². The molecule has 1 amide bonds. The van der Waals surface area contributed by atoms with Crippen LogP contribution in [0, 0.1) is 11.7 Å². The van der Waals surface area contributed by atoms with Gasteiger partial charge in [0.2, 0.25) is 0 Å². The first kappa shape index (κ1) is 20.3. The van der Waals surface area contributed by atoms with E-state index in [0.717, 1.165) is 6.08 Å². The van der Waals surface area contributed by atoms with Crippen molar-refractivity contribution in [3.8, 4) is 0 Å². The topological polar surface area (TPSA) is 81.7 Å². The first-order valence-corrected chi connectivity index (χ1v) is 7.85. The van der Waals surface area contributed by atoms with Gasteiger partial charge in [0, 0.05) is 11.6 Å². The summed E-state index contributed by atoms with van der Waals surface area (Å²) in [5, 5.41) is 2.48. The van der Waals surface area contributed by atoms with Gasteiger partial charge in [0.1, 0.15) is 11.9 Å². The summed E-state index contributed by atoms with van der Waals surface area (Å²) in [6.45, 7) is 3.12. The van der Waals surface area contributed by atoms with Crippen molar-refractivity contribution in [2.45, 2.75) is 26.3 Å². The second-order valence-electron chi connectivity index (χ2n) is 5.42. The second kappa shape index (κ2) is 10.2. The van der Waals surface area contributed by atoms with Gasteiger partial charge in [-0.2, -0.15) is 0 Å². The Morgan fingerprint density at radius 1 is 1.28 bits per heavy atom. The van der Waals surface area contributed by atoms with Crippen LogP contribution in [0.2, 0.25) is 0 Å². The molecular formula is C18H22FNO5. The van der Waals surface area contributed by atoms with Crippen molar-refractivity contribution in [3.63, 3.8) is 0 Å². The highest BCUT2D eigenvalue weighted by Gasteiger charge is 2.26. The molecule has 1 N–H and O–H groups in total. The van der Waals surface area contributed by atoms with E-state index >= 15 is 0 Å². The lowest BCUT2D eigenvalue weighted by molar-refractivity contribution is -0.148. The molecule has 0 unspecified atom stereocenters. The summed E-state index contributed by atoms with van der Waals surface area (Å²) in [6, 6.07) is 5.11. The van der Waals surface area contributed by atoms with Crippen molar-refractivity contribution in [1.29, 1.82) is 0 Å². The number of rotatable bonds is 8. The van der Waals surface area contributed by atoms with Crippen LogP contribution in [0.15, 0.2) is 30.3 Å². The minimum Gasteiger partial charge on any atom is -0.467 e. The van der Waals surface area contributed by atoms with Crippen molar-refractivity contribution in [2.24, 2.45) is 5.92 Å². The fraction of sp³-hybridized carbons (Fsp3) is 0.389. The molecule has 0 saturated heterocycles. The maximum Gasteiger partial charge on any atom is 0.331 e. The van der Waals surface area contributed by atoms with Crippen LogP contribution < -0.4 is 5.32 Å². The number of carbonyl (C=O) groups excluding carboxylic acids is 3. The van der Waals surface area contributed by atoms with Crippen LogP contribution in [-0.2, 0) is 23.9 Å². The van der Waals surface area contributed by atoms with Crippen molar-refractivity contribution >= 4 is 23.9 Å². The maximum absolute atomic E-state index is 13.4. The SMILES string of the molecule is CC[C@@H](C)[C@@H](NC(=O)COC(=O)/C=C/c1ccccc1F)C(=O)OC. The molecule has 0 saturated carbocycles. The lowest BCUT2D eigenvalue weighted by Gasteiger charge is -2.21. The van der Waals surface area contributed by atoms with Gasteiger partial charge in [-0.1, -0.05) is 38.5 Å². The molecule has 7 heteroatoms. The van der Waals surface area contributed by atoms with Crippen LogP contribution >= 0.6 is 0 Å². The minimum absolute atomic E-state index is 0.131. The molecule has 1 rings (SSSR count). The molecule has 1 aromatic rings. The summed E-state index contributed by atoms with van der Waals surface area (Å²) in [7, 11) is 1.23. The Morgan fingerprint density at radius 3 is 2.56 bits per heavy atom. The van der Waals surface area contributed by atoms with E-state index in [0.29, 0.717) is 6.42 Å². The molecule has 0 radical (unpaired) electrons. The average molecular weight is 351 g/mol. The van der Waals surface area contributed by atoms with E-state index in [1.54, 1.807) is 13.0 Å². The standard InChI is InChI=1S/C18H22FNO5/c1-4-12(2)17(18(23)24-3)20-15(21)11-25-16(22)10-9-13-7-5-6-8-14(13)19/h5-10,12,17H,4,11H2,1-3H3,(H,20,21)/b10-9+/t12-,17-/m1/s1. The monoisotopic (exact) mass is 351 g/mol. The predicted octanol–water partition coefficient (Wildman–Crippen LogP) is 2.09. The zero-order chi connectivity index (χ0) is 18.8. The van der Waals surface area contributed by atoms with Crippen molar-refractivity contribution in [1.82, 2.24) is 5.32 Å². The maximum atomic E-state index is 13.4. The summed E-state index contributed by atoms with van der Waals surface area (Å²) in [5.74, 6) is -2.58. The third-order valence-electron chi connectivity index (χ3n) is 3.63. The summed E-state index contributed by atoms with van der Waals surface area (Å²) < 4.78 is 22.8. The number of methoxy groups -OCH3 is 1. The van der Waals surface area contributed by atoms with Gasteiger partial charge >= 0.3 is 11.9 Å². The summed E-state index contributed by atoms with van der Waals surface area (Å²) in [5.41, 5.74) is 0.228. The van der Waals surface area contributed by atoms with Gasteiger partial charge in [-0.15, -0.1) is 0 Å². The third-order valence-corrected chi connectivity index (χ3v) is 3.63. The Labute approximate surface area is 146 Å². The zero-order valence-electron chi connectivity index (χ0n) is 14.5. The normalized spacial score (nSPS) is 13.1. The molecule has 0 spiro atoms. The van der Waals surface area contributed by atoms with Crippen LogP contribution in [0.3, 0.4) is 0 Å². The molecule has 2 atom stereocenters. The largest absolute Gasteiger partial charge is 0.467 e. The van der Waals surface area contributed by atoms with Crippen molar-refractivity contribution in [3.05, 3.63) is 41.7 Å². The highest BCUT2D eigenvalue weighted by atomic mass is 19.1. The minimum atomic E-state index is -0.810.